The fourth-order valence-electron chi connectivity index (χ4n) is 2.58. The van der Waals surface area contributed by atoms with Crippen LogP contribution < -0.4 is 0 Å². The van der Waals surface area contributed by atoms with Gasteiger partial charge in [0.15, 0.2) is 0 Å². The lowest BCUT2D eigenvalue weighted by atomic mass is 10.1. The van der Waals surface area contributed by atoms with E-state index in [1.54, 1.807) is 0 Å². The van der Waals surface area contributed by atoms with Gasteiger partial charge in [-0.25, -0.2) is 4.98 Å². The van der Waals surface area contributed by atoms with Gasteiger partial charge in [0.1, 0.15) is 5.82 Å². The van der Waals surface area contributed by atoms with Crippen LogP contribution >= 0.6 is 11.6 Å². The number of nitrogens with zero attached hydrogens (tertiary/aromatic N) is 3. The first-order valence-electron chi connectivity index (χ1n) is 6.64. The molecule has 0 saturated carbocycles. The zero-order valence-corrected chi connectivity index (χ0v) is 12.3. The summed E-state index contributed by atoms with van der Waals surface area (Å²) in [6.07, 6.45) is 3.63. The van der Waals surface area contributed by atoms with Crippen molar-refractivity contribution in [2.24, 2.45) is 0 Å². The maximum atomic E-state index is 6.08. The lowest BCUT2D eigenvalue weighted by Crippen LogP contribution is -2.09. The Hall–Kier alpha value is -1.87. The van der Waals surface area contributed by atoms with Crippen LogP contribution in [0.5, 0.6) is 0 Å². The molecule has 0 fully saturated rings. The number of fused-ring (bicyclic) bond motifs is 1. The molecule has 0 aliphatic heterocycles. The molecule has 102 valence electrons. The standard InChI is InChI=1S/C16H16ClN3/c1-11-3-4-15-14(9-11)19-16(10-17)20(15)12(2)13-5-7-18-8-6-13/h3-9,12H,10H2,1-2H3. The van der Waals surface area contributed by atoms with E-state index in [1.165, 1.54) is 11.1 Å². The Bertz CT molecular complexity index is 734. The van der Waals surface area contributed by atoms with Gasteiger partial charge < -0.3 is 4.57 Å². The summed E-state index contributed by atoms with van der Waals surface area (Å²) in [5, 5.41) is 0. The minimum atomic E-state index is 0.180. The van der Waals surface area contributed by atoms with E-state index in [4.69, 9.17) is 11.6 Å². The van der Waals surface area contributed by atoms with Crippen LogP contribution in [0, 0.1) is 6.92 Å². The molecule has 0 radical (unpaired) electrons. The molecular formula is C16H16ClN3. The van der Waals surface area contributed by atoms with E-state index in [2.05, 4.69) is 46.6 Å². The van der Waals surface area contributed by atoms with Gasteiger partial charge in [-0.1, -0.05) is 6.07 Å². The SMILES string of the molecule is Cc1ccc2c(c1)nc(CCl)n2C(C)c1ccncc1. The third-order valence-electron chi connectivity index (χ3n) is 3.61. The molecule has 0 aliphatic rings. The van der Waals surface area contributed by atoms with E-state index in [0.29, 0.717) is 5.88 Å². The number of pyridine rings is 1. The number of aryl methyl sites for hydroxylation is 1. The number of benzene rings is 1. The highest BCUT2D eigenvalue weighted by atomic mass is 35.5. The van der Waals surface area contributed by atoms with Gasteiger partial charge >= 0.3 is 0 Å². The average Bonchev–Trinajstić information content (AvgIpc) is 2.84. The number of hydrogen-bond donors (Lipinski definition) is 0. The second kappa shape index (κ2) is 5.25. The minimum absolute atomic E-state index is 0.180. The van der Waals surface area contributed by atoms with Crippen LogP contribution in [0.1, 0.15) is 29.9 Å². The topological polar surface area (TPSA) is 30.7 Å². The maximum Gasteiger partial charge on any atom is 0.125 e. The van der Waals surface area contributed by atoms with Crippen LogP contribution in [0.15, 0.2) is 42.7 Å². The molecule has 2 aromatic heterocycles. The van der Waals surface area contributed by atoms with Gasteiger partial charge in [-0.05, 0) is 49.2 Å². The molecule has 0 amide bonds. The molecule has 3 aromatic rings. The third kappa shape index (κ3) is 2.18. The highest BCUT2D eigenvalue weighted by Crippen LogP contribution is 2.27. The molecule has 1 atom stereocenters. The van der Waals surface area contributed by atoms with Crippen molar-refractivity contribution in [1.82, 2.24) is 14.5 Å². The van der Waals surface area contributed by atoms with Crippen molar-refractivity contribution in [3.8, 4) is 0 Å². The first-order valence-corrected chi connectivity index (χ1v) is 7.17. The van der Waals surface area contributed by atoms with E-state index < -0.39 is 0 Å². The molecule has 3 rings (SSSR count). The summed E-state index contributed by atoms with van der Waals surface area (Å²) in [4.78, 5) is 8.73. The Balaban J connectivity index is 2.19. The van der Waals surface area contributed by atoms with Crippen molar-refractivity contribution in [2.75, 3.05) is 0 Å². The van der Waals surface area contributed by atoms with Crippen LogP contribution in [0.2, 0.25) is 0 Å². The zero-order valence-electron chi connectivity index (χ0n) is 11.5. The zero-order chi connectivity index (χ0) is 14.1. The van der Waals surface area contributed by atoms with E-state index in [0.717, 1.165) is 16.9 Å². The van der Waals surface area contributed by atoms with E-state index in [9.17, 15) is 0 Å². The number of alkyl halides is 1. The van der Waals surface area contributed by atoms with Crippen molar-refractivity contribution in [2.45, 2.75) is 25.8 Å². The van der Waals surface area contributed by atoms with Gasteiger partial charge in [0.05, 0.1) is 23.0 Å². The predicted molar refractivity (Wildman–Crippen MR) is 82.1 cm³/mol. The summed E-state index contributed by atoms with van der Waals surface area (Å²) >= 11 is 6.08. The van der Waals surface area contributed by atoms with Crippen molar-refractivity contribution in [3.63, 3.8) is 0 Å². The second-order valence-corrected chi connectivity index (χ2v) is 5.25. The van der Waals surface area contributed by atoms with Crippen LogP contribution in [-0.2, 0) is 5.88 Å². The monoisotopic (exact) mass is 285 g/mol. The Kier molecular flexibility index (Phi) is 3.45. The van der Waals surface area contributed by atoms with Crippen LogP contribution in [-0.4, -0.2) is 14.5 Å². The molecule has 0 saturated heterocycles. The molecule has 0 N–H and O–H groups in total. The summed E-state index contributed by atoms with van der Waals surface area (Å²) < 4.78 is 2.21. The van der Waals surface area contributed by atoms with Gasteiger partial charge in [0.25, 0.3) is 0 Å². The number of hydrogen-bond acceptors (Lipinski definition) is 2. The van der Waals surface area contributed by atoms with E-state index >= 15 is 0 Å². The fraction of sp³-hybridized carbons (Fsp3) is 0.250. The largest absolute Gasteiger partial charge is 0.320 e. The van der Waals surface area contributed by atoms with Gasteiger partial charge in [0, 0.05) is 12.4 Å². The molecule has 4 heteroatoms. The lowest BCUT2D eigenvalue weighted by Gasteiger charge is -2.17. The quantitative estimate of drug-likeness (QED) is 0.679. The number of rotatable bonds is 3. The first-order chi connectivity index (χ1) is 9.70. The Morgan fingerprint density at radius 3 is 2.65 bits per heavy atom. The van der Waals surface area contributed by atoms with Gasteiger partial charge in [0.2, 0.25) is 0 Å². The van der Waals surface area contributed by atoms with Crippen LogP contribution in [0.3, 0.4) is 0 Å². The van der Waals surface area contributed by atoms with Gasteiger partial charge in [-0.15, -0.1) is 11.6 Å². The minimum Gasteiger partial charge on any atom is -0.320 e. The summed E-state index contributed by atoms with van der Waals surface area (Å²) in [5.74, 6) is 1.31. The van der Waals surface area contributed by atoms with Crippen LogP contribution in [0.4, 0.5) is 0 Å². The molecule has 3 nitrogen and oxygen atoms in total. The third-order valence-corrected chi connectivity index (χ3v) is 3.85. The summed E-state index contributed by atoms with van der Waals surface area (Å²) in [6.45, 7) is 4.23. The Morgan fingerprint density at radius 1 is 1.20 bits per heavy atom. The molecule has 20 heavy (non-hydrogen) atoms. The second-order valence-electron chi connectivity index (χ2n) is 4.98. The molecule has 0 spiro atoms. The van der Waals surface area contributed by atoms with Crippen molar-refractivity contribution in [1.29, 1.82) is 0 Å². The summed E-state index contributed by atoms with van der Waals surface area (Å²) in [6, 6.07) is 10.6. The first kappa shape index (κ1) is 13.1. The van der Waals surface area contributed by atoms with Gasteiger partial charge in [-0.3, -0.25) is 4.98 Å². The normalized spacial score (nSPS) is 12.8. The Labute approximate surface area is 123 Å². The Morgan fingerprint density at radius 2 is 1.95 bits per heavy atom. The number of aromatic nitrogens is 3. The predicted octanol–water partition coefficient (Wildman–Crippen LogP) is 4.09. The maximum absolute atomic E-state index is 6.08. The van der Waals surface area contributed by atoms with Gasteiger partial charge in [-0.2, -0.15) is 0 Å². The molecule has 1 aromatic carbocycles. The highest BCUT2D eigenvalue weighted by molar-refractivity contribution is 6.16. The fourth-order valence-corrected chi connectivity index (χ4v) is 2.76. The van der Waals surface area contributed by atoms with Crippen molar-refractivity contribution < 1.29 is 0 Å². The number of imidazole rings is 1. The molecule has 0 bridgehead atoms. The van der Waals surface area contributed by atoms with Crippen LogP contribution in [0.25, 0.3) is 11.0 Å². The highest BCUT2D eigenvalue weighted by Gasteiger charge is 2.16. The average molecular weight is 286 g/mol. The lowest BCUT2D eigenvalue weighted by molar-refractivity contribution is 0.633. The van der Waals surface area contributed by atoms with E-state index in [1.807, 2.05) is 24.5 Å². The summed E-state index contributed by atoms with van der Waals surface area (Å²) in [5.41, 5.74) is 4.53. The smallest absolute Gasteiger partial charge is 0.125 e. The van der Waals surface area contributed by atoms with E-state index in [-0.39, 0.29) is 6.04 Å². The van der Waals surface area contributed by atoms with Crippen molar-refractivity contribution in [3.05, 3.63) is 59.7 Å². The summed E-state index contributed by atoms with van der Waals surface area (Å²) in [7, 11) is 0. The molecule has 0 aliphatic carbocycles. The molecule has 1 unspecified atom stereocenters. The molecular weight excluding hydrogens is 270 g/mol. The number of halogens is 1. The molecule has 2 heterocycles. The van der Waals surface area contributed by atoms with Crippen molar-refractivity contribution >= 4 is 22.6 Å².